The van der Waals surface area contributed by atoms with Gasteiger partial charge in [0.05, 0.1) is 0 Å². The maximum atomic E-state index is 13.6. The number of hydrogen-bond donors (Lipinski definition) is 1. The van der Waals surface area contributed by atoms with Gasteiger partial charge in [0.25, 0.3) is 5.91 Å². The van der Waals surface area contributed by atoms with E-state index in [1.165, 1.54) is 4.90 Å². The Labute approximate surface area is 230 Å². The Kier molecular flexibility index (Phi) is 11.1. The van der Waals surface area contributed by atoms with Crippen LogP contribution in [0, 0.1) is 0 Å². The second kappa shape index (κ2) is 14.3. The van der Waals surface area contributed by atoms with Crippen LogP contribution < -0.4 is 10.1 Å². The van der Waals surface area contributed by atoms with Crippen molar-refractivity contribution in [3.63, 3.8) is 0 Å². The lowest BCUT2D eigenvalue weighted by Gasteiger charge is -2.32. The molecule has 2 amide bonds. The molecule has 1 N–H and O–H groups in total. The summed E-state index contributed by atoms with van der Waals surface area (Å²) in [5.74, 6) is -0.0257. The Morgan fingerprint density at radius 2 is 1.64 bits per heavy atom. The highest BCUT2D eigenvalue weighted by molar-refractivity contribution is 9.10. The van der Waals surface area contributed by atoms with Gasteiger partial charge in [0.2, 0.25) is 5.91 Å². The van der Waals surface area contributed by atoms with Crippen molar-refractivity contribution in [2.75, 3.05) is 13.2 Å². The third-order valence-corrected chi connectivity index (χ3v) is 6.90. The molecular formula is C28H29BrCl2N2O3. The molecule has 1 atom stereocenters. The number of nitrogens with zero attached hydrogens (tertiary/aromatic N) is 1. The molecule has 0 aromatic heterocycles. The van der Waals surface area contributed by atoms with Crippen LogP contribution in [0.4, 0.5) is 0 Å². The second-order valence-corrected chi connectivity index (χ2v) is 10.0. The molecule has 3 aromatic rings. The minimum Gasteiger partial charge on any atom is -0.484 e. The summed E-state index contributed by atoms with van der Waals surface area (Å²) in [6, 6.07) is 21.2. The van der Waals surface area contributed by atoms with E-state index in [0.717, 1.165) is 22.9 Å². The van der Waals surface area contributed by atoms with E-state index in [1.807, 2.05) is 42.5 Å². The molecule has 0 saturated heterocycles. The Morgan fingerprint density at radius 3 is 2.28 bits per heavy atom. The molecule has 190 valence electrons. The summed E-state index contributed by atoms with van der Waals surface area (Å²) in [5.41, 5.74) is 1.52. The zero-order valence-electron chi connectivity index (χ0n) is 20.1. The largest absolute Gasteiger partial charge is 0.484 e. The molecule has 0 unspecified atom stereocenters. The fourth-order valence-electron chi connectivity index (χ4n) is 3.67. The number of amides is 2. The third-order valence-electron chi connectivity index (χ3n) is 5.67. The lowest BCUT2D eigenvalue weighted by molar-refractivity contribution is -0.142. The lowest BCUT2D eigenvalue weighted by Crippen LogP contribution is -2.52. The molecule has 0 fully saturated rings. The number of carbonyl (C=O) groups is 2. The van der Waals surface area contributed by atoms with Crippen molar-refractivity contribution in [3.8, 4) is 5.75 Å². The fourth-order valence-corrected chi connectivity index (χ4v) is 4.45. The van der Waals surface area contributed by atoms with E-state index in [4.69, 9.17) is 27.9 Å². The Bertz CT molecular complexity index is 1120. The maximum Gasteiger partial charge on any atom is 0.261 e. The third kappa shape index (κ3) is 8.26. The Morgan fingerprint density at radius 1 is 0.972 bits per heavy atom. The number of benzene rings is 3. The van der Waals surface area contributed by atoms with E-state index >= 15 is 0 Å². The highest BCUT2D eigenvalue weighted by Crippen LogP contribution is 2.27. The average Bonchev–Trinajstić information content (AvgIpc) is 2.88. The molecule has 0 heterocycles. The van der Waals surface area contributed by atoms with Gasteiger partial charge in [0.1, 0.15) is 11.8 Å². The van der Waals surface area contributed by atoms with Gasteiger partial charge in [-0.3, -0.25) is 9.59 Å². The molecule has 36 heavy (non-hydrogen) atoms. The molecule has 3 rings (SSSR count). The monoisotopic (exact) mass is 590 g/mol. The van der Waals surface area contributed by atoms with Gasteiger partial charge >= 0.3 is 0 Å². The van der Waals surface area contributed by atoms with E-state index < -0.39 is 6.04 Å². The Hall–Kier alpha value is -2.54. The first-order valence-corrected chi connectivity index (χ1v) is 13.4. The highest BCUT2D eigenvalue weighted by atomic mass is 79.9. The van der Waals surface area contributed by atoms with Gasteiger partial charge < -0.3 is 15.0 Å². The van der Waals surface area contributed by atoms with Crippen molar-refractivity contribution in [1.29, 1.82) is 0 Å². The van der Waals surface area contributed by atoms with Gasteiger partial charge in [-0.15, -0.1) is 0 Å². The molecule has 0 spiro atoms. The maximum absolute atomic E-state index is 13.6. The summed E-state index contributed by atoms with van der Waals surface area (Å²) < 4.78 is 6.68. The van der Waals surface area contributed by atoms with Crippen LogP contribution in [0.2, 0.25) is 10.0 Å². The summed E-state index contributed by atoms with van der Waals surface area (Å²) in [7, 11) is 0. The summed E-state index contributed by atoms with van der Waals surface area (Å²) in [6.07, 6.45) is 2.13. The first-order chi connectivity index (χ1) is 17.4. The van der Waals surface area contributed by atoms with Crippen LogP contribution in [0.3, 0.4) is 0 Å². The fraction of sp³-hybridized carbons (Fsp3) is 0.286. The van der Waals surface area contributed by atoms with Crippen LogP contribution in [-0.2, 0) is 22.6 Å². The highest BCUT2D eigenvalue weighted by Gasteiger charge is 2.31. The molecule has 0 bridgehead atoms. The number of hydrogen-bond acceptors (Lipinski definition) is 3. The molecule has 0 aliphatic heterocycles. The number of ether oxygens (including phenoxy) is 1. The first-order valence-electron chi connectivity index (χ1n) is 11.8. The number of nitrogens with one attached hydrogen (secondary N) is 1. The predicted molar refractivity (Wildman–Crippen MR) is 149 cm³/mol. The van der Waals surface area contributed by atoms with Crippen molar-refractivity contribution in [1.82, 2.24) is 10.2 Å². The van der Waals surface area contributed by atoms with Gasteiger partial charge in [-0.2, -0.15) is 0 Å². The van der Waals surface area contributed by atoms with Crippen LogP contribution >= 0.6 is 39.1 Å². The summed E-state index contributed by atoms with van der Waals surface area (Å²) in [4.78, 5) is 28.5. The first kappa shape index (κ1) is 28.0. The van der Waals surface area contributed by atoms with E-state index in [2.05, 4.69) is 28.2 Å². The molecule has 5 nitrogen and oxygen atoms in total. The van der Waals surface area contributed by atoms with Crippen molar-refractivity contribution >= 4 is 50.9 Å². The van der Waals surface area contributed by atoms with Crippen LogP contribution in [0.15, 0.2) is 77.3 Å². The van der Waals surface area contributed by atoms with Crippen molar-refractivity contribution in [2.45, 2.75) is 38.8 Å². The molecule has 3 aromatic carbocycles. The van der Waals surface area contributed by atoms with Gasteiger partial charge in [-0.05, 0) is 48.4 Å². The van der Waals surface area contributed by atoms with Crippen LogP contribution in [0.5, 0.6) is 5.75 Å². The molecular weight excluding hydrogens is 563 g/mol. The molecule has 8 heteroatoms. The predicted octanol–water partition coefficient (Wildman–Crippen LogP) is 6.69. The second-order valence-electron chi connectivity index (χ2n) is 8.31. The van der Waals surface area contributed by atoms with E-state index in [9.17, 15) is 9.59 Å². The van der Waals surface area contributed by atoms with Crippen LogP contribution in [-0.4, -0.2) is 35.9 Å². The summed E-state index contributed by atoms with van der Waals surface area (Å²) >= 11 is 16.3. The Balaban J connectivity index is 1.92. The quantitative estimate of drug-likeness (QED) is 0.239. The average molecular weight is 592 g/mol. The van der Waals surface area contributed by atoms with Gasteiger partial charge in [-0.1, -0.05) is 88.9 Å². The summed E-state index contributed by atoms with van der Waals surface area (Å²) in [6.45, 7) is 2.42. The van der Waals surface area contributed by atoms with Gasteiger partial charge in [0.15, 0.2) is 6.61 Å². The molecule has 0 radical (unpaired) electrons. The summed E-state index contributed by atoms with van der Waals surface area (Å²) in [5, 5.41) is 3.85. The van der Waals surface area contributed by atoms with Crippen molar-refractivity contribution in [3.05, 3.63) is 98.4 Å². The van der Waals surface area contributed by atoms with Crippen LogP contribution in [0.1, 0.15) is 30.9 Å². The van der Waals surface area contributed by atoms with E-state index in [0.29, 0.717) is 34.3 Å². The molecule has 0 aliphatic carbocycles. The molecule has 0 saturated carbocycles. The standard InChI is InChI=1S/C28H29BrCl2N2O3/c1-2-3-16-32-28(35)26(17-20-8-5-4-6-9-20)33(18-23-24(30)10-7-11-25(23)31)27(34)19-36-22-14-12-21(29)13-15-22/h4-15,26H,2-3,16-19H2,1H3,(H,32,35)/t26-/m1/s1. The number of unbranched alkanes of at least 4 members (excludes halogenated alkanes) is 1. The SMILES string of the molecule is CCCCNC(=O)[C@@H](Cc1ccccc1)N(Cc1c(Cl)cccc1Cl)C(=O)COc1ccc(Br)cc1. The van der Waals surface area contributed by atoms with Crippen molar-refractivity contribution < 1.29 is 14.3 Å². The minimum atomic E-state index is -0.780. The minimum absolute atomic E-state index is 0.0692. The zero-order valence-corrected chi connectivity index (χ0v) is 23.2. The zero-order chi connectivity index (χ0) is 25.9. The van der Waals surface area contributed by atoms with Gasteiger partial charge in [0, 0.05) is 39.6 Å². The lowest BCUT2D eigenvalue weighted by atomic mass is 10.0. The van der Waals surface area contributed by atoms with Crippen molar-refractivity contribution in [2.24, 2.45) is 0 Å². The number of halogens is 3. The topological polar surface area (TPSA) is 58.6 Å². The van der Waals surface area contributed by atoms with Crippen LogP contribution in [0.25, 0.3) is 0 Å². The van der Waals surface area contributed by atoms with E-state index in [1.54, 1.807) is 30.3 Å². The smallest absolute Gasteiger partial charge is 0.261 e. The van der Waals surface area contributed by atoms with Gasteiger partial charge in [-0.25, -0.2) is 0 Å². The molecule has 0 aliphatic rings. The normalized spacial score (nSPS) is 11.6. The number of carbonyl (C=O) groups excluding carboxylic acids is 2. The number of rotatable bonds is 12. The van der Waals surface area contributed by atoms with E-state index in [-0.39, 0.29) is 25.0 Å².